The molecule has 172 valence electrons. The summed E-state index contributed by atoms with van der Waals surface area (Å²) in [6.45, 7) is -0.0899. The molecule has 1 rings (SSSR count). The highest BCUT2D eigenvalue weighted by Crippen LogP contribution is 2.34. The number of anilines is 1. The molecule has 0 aliphatic carbocycles. The van der Waals surface area contributed by atoms with E-state index in [9.17, 15) is 30.4 Å². The highest BCUT2D eigenvalue weighted by atomic mass is 16.6. The van der Waals surface area contributed by atoms with Gasteiger partial charge in [0.1, 0.15) is 5.69 Å². The van der Waals surface area contributed by atoms with Crippen LogP contribution in [0.3, 0.4) is 0 Å². The number of hydrogen-bond acceptors (Lipinski definition) is 11. The third kappa shape index (κ3) is 6.29. The number of aliphatic hydroxyl groups is 5. The molecule has 1 aromatic carbocycles. The number of likely N-dealkylation sites (N-methyl/N-ethyl adjacent to an activating group) is 2. The first-order valence-electron chi connectivity index (χ1n) is 8.78. The Labute approximate surface area is 173 Å². The molecular weight excluding hydrogens is 404 g/mol. The summed E-state index contributed by atoms with van der Waals surface area (Å²) in [6, 6.07) is 3.20. The summed E-state index contributed by atoms with van der Waals surface area (Å²) in [5.41, 5.74) is -2.79. The molecule has 0 amide bonds. The maximum atomic E-state index is 11.0. The van der Waals surface area contributed by atoms with Gasteiger partial charge >= 0.3 is 0 Å². The molecule has 0 aromatic heterocycles. The van der Waals surface area contributed by atoms with Crippen molar-refractivity contribution in [3.63, 3.8) is 0 Å². The van der Waals surface area contributed by atoms with Gasteiger partial charge in [-0.1, -0.05) is 0 Å². The van der Waals surface area contributed by atoms with Gasteiger partial charge in [-0.2, -0.15) is 0 Å². The molecule has 1 aromatic rings. The number of rotatable bonds is 10. The Morgan fingerprint density at radius 1 is 0.867 bits per heavy atom. The van der Waals surface area contributed by atoms with Crippen molar-refractivity contribution in [3.05, 3.63) is 38.4 Å². The summed E-state index contributed by atoms with van der Waals surface area (Å²) in [5.74, 6) is 0. The van der Waals surface area contributed by atoms with Crippen LogP contribution in [0, 0.1) is 20.2 Å². The van der Waals surface area contributed by atoms with Gasteiger partial charge in [-0.3, -0.25) is 25.1 Å². The predicted octanol–water partition coefficient (Wildman–Crippen LogP) is -1.05. The molecule has 0 unspecified atom stereocenters. The second-order valence-corrected chi connectivity index (χ2v) is 7.15. The van der Waals surface area contributed by atoms with Crippen LogP contribution in [-0.2, 0) is 0 Å². The van der Waals surface area contributed by atoms with Crippen molar-refractivity contribution >= 4 is 17.1 Å². The van der Waals surface area contributed by atoms with E-state index in [4.69, 9.17) is 15.3 Å². The van der Waals surface area contributed by atoms with Crippen molar-refractivity contribution in [2.24, 2.45) is 0 Å². The van der Waals surface area contributed by atoms with Crippen LogP contribution in [0.1, 0.15) is 6.92 Å². The monoisotopic (exact) mass is 434 g/mol. The molecule has 0 fully saturated rings. The Hall–Kier alpha value is -2.42. The van der Waals surface area contributed by atoms with Crippen LogP contribution in [0.25, 0.3) is 0 Å². The van der Waals surface area contributed by atoms with Crippen molar-refractivity contribution in [3.8, 4) is 0 Å². The molecule has 0 aliphatic heterocycles. The molecule has 0 spiro atoms. The first kappa shape index (κ1) is 27.6. The maximum Gasteiger partial charge on any atom is 0.299 e. The minimum absolute atomic E-state index is 0.0752. The van der Waals surface area contributed by atoms with Crippen LogP contribution in [0.4, 0.5) is 17.1 Å². The number of nitro groups is 2. The van der Waals surface area contributed by atoms with Crippen LogP contribution in [0.2, 0.25) is 0 Å². The Bertz CT molecular complexity index is 698. The summed E-state index contributed by atoms with van der Waals surface area (Å²) in [7, 11) is 4.85. The lowest BCUT2D eigenvalue weighted by molar-refractivity contribution is -0.393. The van der Waals surface area contributed by atoms with Crippen molar-refractivity contribution in [1.29, 1.82) is 0 Å². The van der Waals surface area contributed by atoms with Crippen molar-refractivity contribution in [2.45, 2.75) is 18.0 Å². The standard InChI is InChI=1S/C11H15N3O6.C6H15NO3/c1-11(6-15,7-16)12(2)9-4-3-8(13(17)18)5-10(9)14(19)20;1-7(2)6(3-8,4-9)5-10/h3-5,15-16H,6-7H2,1-2H3;8-10H,3-5H2,1-2H3. The number of benzene rings is 1. The zero-order chi connectivity index (χ0) is 23.7. The normalized spacial score (nSPS) is 11.7. The third-order valence-corrected chi connectivity index (χ3v) is 5.05. The first-order chi connectivity index (χ1) is 13.9. The molecule has 0 saturated heterocycles. The van der Waals surface area contributed by atoms with E-state index in [1.165, 1.54) is 24.9 Å². The van der Waals surface area contributed by atoms with E-state index < -0.39 is 45.5 Å². The van der Waals surface area contributed by atoms with Gasteiger partial charge in [0, 0.05) is 13.1 Å². The summed E-state index contributed by atoms with van der Waals surface area (Å²) >= 11 is 0. The van der Waals surface area contributed by atoms with E-state index in [-0.39, 0.29) is 25.5 Å². The van der Waals surface area contributed by atoms with Gasteiger partial charge < -0.3 is 30.4 Å². The second kappa shape index (κ2) is 11.7. The minimum atomic E-state index is -1.12. The molecule has 0 bridgehead atoms. The van der Waals surface area contributed by atoms with Gasteiger partial charge in [0.2, 0.25) is 0 Å². The molecule has 0 heterocycles. The molecular formula is C17H30N4O9. The van der Waals surface area contributed by atoms with E-state index in [1.54, 1.807) is 19.0 Å². The molecule has 0 radical (unpaired) electrons. The lowest BCUT2D eigenvalue weighted by Gasteiger charge is -2.37. The first-order valence-corrected chi connectivity index (χ1v) is 8.78. The van der Waals surface area contributed by atoms with E-state index in [1.807, 2.05) is 0 Å². The summed E-state index contributed by atoms with van der Waals surface area (Å²) in [6.07, 6.45) is 0. The maximum absolute atomic E-state index is 11.0. The van der Waals surface area contributed by atoms with Gasteiger partial charge in [0.25, 0.3) is 11.4 Å². The lowest BCUT2D eigenvalue weighted by Crippen LogP contribution is -2.53. The largest absolute Gasteiger partial charge is 0.394 e. The van der Waals surface area contributed by atoms with Crippen molar-refractivity contribution < 1.29 is 35.4 Å². The fourth-order valence-electron chi connectivity index (χ4n) is 2.18. The summed E-state index contributed by atoms with van der Waals surface area (Å²) in [5, 5.41) is 66.7. The summed E-state index contributed by atoms with van der Waals surface area (Å²) < 4.78 is 0. The van der Waals surface area contributed by atoms with E-state index in [0.717, 1.165) is 12.1 Å². The van der Waals surface area contributed by atoms with Gasteiger partial charge in [-0.05, 0) is 27.1 Å². The quantitative estimate of drug-likeness (QED) is 0.223. The molecule has 0 aliphatic rings. The van der Waals surface area contributed by atoms with E-state index >= 15 is 0 Å². The van der Waals surface area contributed by atoms with Gasteiger partial charge in [0.15, 0.2) is 0 Å². The molecule has 13 nitrogen and oxygen atoms in total. The molecule has 0 atom stereocenters. The molecule has 13 heteroatoms. The smallest absolute Gasteiger partial charge is 0.299 e. The molecule has 5 N–H and O–H groups in total. The number of non-ortho nitro benzene ring substituents is 1. The fraction of sp³-hybridized carbons (Fsp3) is 0.647. The van der Waals surface area contributed by atoms with E-state index in [2.05, 4.69) is 0 Å². The highest BCUT2D eigenvalue weighted by Gasteiger charge is 2.33. The SMILES string of the molecule is CN(C)C(CO)(CO)CO.CN(c1ccc([N+](=O)[O-])cc1[N+](=O)[O-])C(C)(CO)CO. The van der Waals surface area contributed by atoms with Crippen LogP contribution in [-0.4, -0.2) is 106 Å². The number of hydrogen-bond donors (Lipinski definition) is 5. The Morgan fingerprint density at radius 2 is 1.33 bits per heavy atom. The number of nitrogens with zero attached hydrogens (tertiary/aromatic N) is 4. The van der Waals surface area contributed by atoms with Crippen LogP contribution in [0.15, 0.2) is 18.2 Å². The van der Waals surface area contributed by atoms with E-state index in [0.29, 0.717) is 0 Å². The topological polar surface area (TPSA) is 194 Å². The zero-order valence-corrected chi connectivity index (χ0v) is 17.4. The average molecular weight is 434 g/mol. The highest BCUT2D eigenvalue weighted by molar-refractivity contribution is 5.67. The minimum Gasteiger partial charge on any atom is -0.394 e. The van der Waals surface area contributed by atoms with Crippen LogP contribution >= 0.6 is 0 Å². The van der Waals surface area contributed by atoms with Crippen LogP contribution in [0.5, 0.6) is 0 Å². The summed E-state index contributed by atoms with van der Waals surface area (Å²) in [4.78, 5) is 23.2. The Balaban J connectivity index is 0.000000710. The van der Waals surface area contributed by atoms with Gasteiger partial charge in [-0.15, -0.1) is 0 Å². The molecule has 30 heavy (non-hydrogen) atoms. The zero-order valence-electron chi connectivity index (χ0n) is 17.4. The predicted molar refractivity (Wildman–Crippen MR) is 108 cm³/mol. The van der Waals surface area contributed by atoms with Crippen molar-refractivity contribution in [2.75, 3.05) is 59.1 Å². The average Bonchev–Trinajstić information content (AvgIpc) is 2.74. The van der Waals surface area contributed by atoms with Crippen LogP contribution < -0.4 is 4.90 Å². The van der Waals surface area contributed by atoms with Gasteiger partial charge in [0.05, 0.1) is 60.0 Å². The number of nitro benzene ring substituents is 2. The van der Waals surface area contributed by atoms with Gasteiger partial charge in [-0.25, -0.2) is 0 Å². The Morgan fingerprint density at radius 3 is 1.60 bits per heavy atom. The fourth-order valence-corrected chi connectivity index (χ4v) is 2.18. The lowest BCUT2D eigenvalue weighted by atomic mass is 10.0. The number of aliphatic hydroxyl groups excluding tert-OH is 5. The second-order valence-electron chi connectivity index (χ2n) is 7.15. The molecule has 0 saturated carbocycles. The third-order valence-electron chi connectivity index (χ3n) is 5.05. The van der Waals surface area contributed by atoms with Crippen molar-refractivity contribution in [1.82, 2.24) is 4.90 Å². The Kier molecular flexibility index (Phi) is 10.7.